The number of amides is 1. The number of aromatic nitrogens is 1. The Morgan fingerprint density at radius 1 is 1.75 bits per heavy atom. The SMILES string of the molecule is COc1ncccc1C(=O)NCCN=[N+]=[N-]. The number of carbonyl (C=O) groups is 1. The molecule has 1 rings (SSSR count). The lowest BCUT2D eigenvalue weighted by Gasteiger charge is -2.06. The zero-order valence-electron chi connectivity index (χ0n) is 8.75. The van der Waals surface area contributed by atoms with Crippen molar-refractivity contribution in [3.63, 3.8) is 0 Å². The first-order valence-corrected chi connectivity index (χ1v) is 4.57. The molecule has 7 nitrogen and oxygen atoms in total. The predicted octanol–water partition coefficient (Wildman–Crippen LogP) is 1.13. The Hall–Kier alpha value is -2.27. The Kier molecular flexibility index (Phi) is 4.62. The summed E-state index contributed by atoms with van der Waals surface area (Å²) in [4.78, 5) is 18.1. The van der Waals surface area contributed by atoms with Gasteiger partial charge in [-0.1, -0.05) is 5.11 Å². The van der Waals surface area contributed by atoms with Gasteiger partial charge in [-0.25, -0.2) is 4.98 Å². The van der Waals surface area contributed by atoms with E-state index in [1.807, 2.05) is 0 Å². The Labute approximate surface area is 92.1 Å². The molecule has 84 valence electrons. The minimum Gasteiger partial charge on any atom is -0.480 e. The second kappa shape index (κ2) is 6.26. The number of carbonyl (C=O) groups excluding carboxylic acids is 1. The van der Waals surface area contributed by atoms with Crippen molar-refractivity contribution in [2.45, 2.75) is 0 Å². The maximum atomic E-state index is 11.6. The van der Waals surface area contributed by atoms with E-state index in [4.69, 9.17) is 10.3 Å². The van der Waals surface area contributed by atoms with Gasteiger partial charge in [-0.05, 0) is 17.7 Å². The van der Waals surface area contributed by atoms with Gasteiger partial charge in [0.15, 0.2) is 0 Å². The third kappa shape index (κ3) is 3.14. The summed E-state index contributed by atoms with van der Waals surface area (Å²) in [7, 11) is 1.44. The highest BCUT2D eigenvalue weighted by molar-refractivity contribution is 5.96. The van der Waals surface area contributed by atoms with Gasteiger partial charge >= 0.3 is 0 Å². The molecule has 0 saturated carbocycles. The highest BCUT2D eigenvalue weighted by Gasteiger charge is 2.11. The Balaban J connectivity index is 2.61. The summed E-state index contributed by atoms with van der Waals surface area (Å²) in [5.74, 6) is -0.0399. The number of azide groups is 1. The molecular weight excluding hydrogens is 210 g/mol. The van der Waals surface area contributed by atoms with Crippen LogP contribution in [-0.4, -0.2) is 31.1 Å². The maximum Gasteiger partial charge on any atom is 0.256 e. The summed E-state index contributed by atoms with van der Waals surface area (Å²) in [6.45, 7) is 0.492. The van der Waals surface area contributed by atoms with Gasteiger partial charge in [0.1, 0.15) is 5.56 Å². The van der Waals surface area contributed by atoms with E-state index in [-0.39, 0.29) is 24.9 Å². The summed E-state index contributed by atoms with van der Waals surface area (Å²) in [6.07, 6.45) is 1.54. The van der Waals surface area contributed by atoms with E-state index in [9.17, 15) is 4.79 Å². The van der Waals surface area contributed by atoms with Gasteiger partial charge in [0.05, 0.1) is 7.11 Å². The molecule has 0 aliphatic heterocycles. The standard InChI is InChI=1S/C9H11N5O2/c1-16-9-7(3-2-4-12-9)8(15)11-5-6-13-14-10/h2-4H,5-6H2,1H3,(H,11,15). The van der Waals surface area contributed by atoms with Crippen LogP contribution in [0, 0.1) is 0 Å². The lowest BCUT2D eigenvalue weighted by Crippen LogP contribution is -2.26. The molecular formula is C9H11N5O2. The molecule has 7 heteroatoms. The first-order valence-electron chi connectivity index (χ1n) is 4.57. The Morgan fingerprint density at radius 2 is 2.56 bits per heavy atom. The largest absolute Gasteiger partial charge is 0.480 e. The van der Waals surface area contributed by atoms with Gasteiger partial charge in [-0.15, -0.1) is 0 Å². The van der Waals surface area contributed by atoms with E-state index in [0.29, 0.717) is 5.56 Å². The molecule has 1 aromatic heterocycles. The monoisotopic (exact) mass is 221 g/mol. The number of ether oxygens (including phenoxy) is 1. The molecule has 0 aliphatic rings. The molecule has 0 aromatic carbocycles. The van der Waals surface area contributed by atoms with Crippen LogP contribution in [0.4, 0.5) is 0 Å². The molecule has 16 heavy (non-hydrogen) atoms. The summed E-state index contributed by atoms with van der Waals surface area (Å²) >= 11 is 0. The molecule has 0 bridgehead atoms. The second-order valence-corrected chi connectivity index (χ2v) is 2.77. The van der Waals surface area contributed by atoms with Crippen LogP contribution in [0.15, 0.2) is 23.4 Å². The smallest absolute Gasteiger partial charge is 0.256 e. The van der Waals surface area contributed by atoms with Crippen LogP contribution in [0.2, 0.25) is 0 Å². The molecule has 1 N–H and O–H groups in total. The third-order valence-electron chi connectivity index (χ3n) is 1.77. The van der Waals surface area contributed by atoms with E-state index in [2.05, 4.69) is 20.3 Å². The van der Waals surface area contributed by atoms with Crippen LogP contribution in [0.1, 0.15) is 10.4 Å². The van der Waals surface area contributed by atoms with Crippen LogP contribution < -0.4 is 10.1 Å². The minimum absolute atomic E-state index is 0.213. The fraction of sp³-hybridized carbons (Fsp3) is 0.333. The molecule has 1 aromatic rings. The number of nitrogens with one attached hydrogen (secondary N) is 1. The summed E-state index contributed by atoms with van der Waals surface area (Å²) < 4.78 is 4.94. The first kappa shape index (κ1) is 11.8. The summed E-state index contributed by atoms with van der Waals surface area (Å²) in [6, 6.07) is 3.25. The second-order valence-electron chi connectivity index (χ2n) is 2.77. The maximum absolute atomic E-state index is 11.6. The first-order chi connectivity index (χ1) is 7.79. The number of rotatable bonds is 5. The van der Waals surface area contributed by atoms with Crippen molar-refractivity contribution in [3.8, 4) is 5.88 Å². The number of nitrogens with zero attached hydrogens (tertiary/aromatic N) is 4. The number of methoxy groups -OCH3 is 1. The van der Waals surface area contributed by atoms with Crippen LogP contribution in [-0.2, 0) is 0 Å². The van der Waals surface area contributed by atoms with E-state index < -0.39 is 0 Å². The lowest BCUT2D eigenvalue weighted by atomic mass is 10.2. The van der Waals surface area contributed by atoms with E-state index in [0.717, 1.165) is 0 Å². The van der Waals surface area contributed by atoms with Crippen molar-refractivity contribution in [3.05, 3.63) is 34.3 Å². The molecule has 0 saturated heterocycles. The van der Waals surface area contributed by atoms with Crippen LogP contribution in [0.5, 0.6) is 5.88 Å². The average molecular weight is 221 g/mol. The lowest BCUT2D eigenvalue weighted by molar-refractivity contribution is 0.0951. The molecule has 1 amide bonds. The van der Waals surface area contributed by atoms with Crippen molar-refractivity contribution in [2.24, 2.45) is 5.11 Å². The molecule has 1 heterocycles. The van der Waals surface area contributed by atoms with Gasteiger partial charge in [-0.3, -0.25) is 4.79 Å². The van der Waals surface area contributed by atoms with Crippen molar-refractivity contribution in [1.29, 1.82) is 0 Å². The highest BCUT2D eigenvalue weighted by Crippen LogP contribution is 2.12. The van der Waals surface area contributed by atoms with E-state index >= 15 is 0 Å². The Morgan fingerprint density at radius 3 is 3.25 bits per heavy atom. The molecule has 0 unspecified atom stereocenters. The van der Waals surface area contributed by atoms with Gasteiger partial charge < -0.3 is 10.1 Å². The van der Waals surface area contributed by atoms with Crippen LogP contribution in [0.25, 0.3) is 10.4 Å². The van der Waals surface area contributed by atoms with E-state index in [1.54, 1.807) is 12.1 Å². The van der Waals surface area contributed by atoms with E-state index in [1.165, 1.54) is 13.3 Å². The molecule has 0 spiro atoms. The number of hydrogen-bond donors (Lipinski definition) is 1. The van der Waals surface area contributed by atoms with Gasteiger partial charge in [0.25, 0.3) is 5.91 Å². The average Bonchev–Trinajstić information content (AvgIpc) is 2.34. The topological polar surface area (TPSA) is 100.0 Å². The predicted molar refractivity (Wildman–Crippen MR) is 57.1 cm³/mol. The quantitative estimate of drug-likeness (QED) is 0.349. The van der Waals surface area contributed by atoms with Gasteiger partial charge in [-0.2, -0.15) is 0 Å². The highest BCUT2D eigenvalue weighted by atomic mass is 16.5. The van der Waals surface area contributed by atoms with Crippen molar-refractivity contribution >= 4 is 5.91 Å². The van der Waals surface area contributed by atoms with Gasteiger partial charge in [0, 0.05) is 24.2 Å². The van der Waals surface area contributed by atoms with Crippen molar-refractivity contribution in [1.82, 2.24) is 10.3 Å². The Bertz CT molecular complexity index is 414. The zero-order chi connectivity index (χ0) is 11.8. The summed E-state index contributed by atoms with van der Waals surface area (Å²) in [5.41, 5.74) is 8.40. The van der Waals surface area contributed by atoms with Gasteiger partial charge in [0.2, 0.25) is 5.88 Å². The fourth-order valence-electron chi connectivity index (χ4n) is 1.09. The fourth-order valence-corrected chi connectivity index (χ4v) is 1.09. The van der Waals surface area contributed by atoms with Crippen LogP contribution >= 0.6 is 0 Å². The zero-order valence-corrected chi connectivity index (χ0v) is 8.75. The van der Waals surface area contributed by atoms with Crippen LogP contribution in [0.3, 0.4) is 0 Å². The minimum atomic E-state index is -0.307. The van der Waals surface area contributed by atoms with Crippen molar-refractivity contribution < 1.29 is 9.53 Å². The molecule has 0 radical (unpaired) electrons. The summed E-state index contributed by atoms with van der Waals surface area (Å²) in [5, 5.41) is 5.88. The number of pyridine rings is 1. The molecule has 0 fully saturated rings. The normalized spacial score (nSPS) is 9.06. The molecule has 0 atom stereocenters. The van der Waals surface area contributed by atoms with Crippen molar-refractivity contribution in [2.75, 3.05) is 20.2 Å². The molecule has 0 aliphatic carbocycles. The number of hydrogen-bond acceptors (Lipinski definition) is 4. The third-order valence-corrected chi connectivity index (χ3v) is 1.77.